The Morgan fingerprint density at radius 3 is 3.27 bits per heavy atom. The van der Waals surface area contributed by atoms with Crippen molar-refractivity contribution in [3.63, 3.8) is 0 Å². The summed E-state index contributed by atoms with van der Waals surface area (Å²) in [7, 11) is 0. The van der Waals surface area contributed by atoms with Crippen LogP contribution in [-0.4, -0.2) is 23.8 Å². The minimum atomic E-state index is -0.250. The summed E-state index contributed by atoms with van der Waals surface area (Å²) < 4.78 is 0. The molecule has 2 N–H and O–H groups in total. The molecule has 15 heavy (non-hydrogen) atoms. The third-order valence-electron chi connectivity index (χ3n) is 1.47. The lowest BCUT2D eigenvalue weighted by Gasteiger charge is -2.01. The van der Waals surface area contributed by atoms with Gasteiger partial charge in [-0.3, -0.25) is 5.32 Å². The first-order chi connectivity index (χ1) is 7.26. The number of thiazole rings is 1. The molecule has 0 aromatic carbocycles. The van der Waals surface area contributed by atoms with Gasteiger partial charge in [0.1, 0.15) is 0 Å². The molecule has 1 heterocycles. The quantitative estimate of drug-likeness (QED) is 0.780. The number of rotatable bonds is 5. The molecule has 0 bridgehead atoms. The fourth-order valence-corrected chi connectivity index (χ4v) is 2.14. The summed E-state index contributed by atoms with van der Waals surface area (Å²) in [5.74, 6) is 0.868. The van der Waals surface area contributed by atoms with E-state index in [2.05, 4.69) is 22.2 Å². The zero-order chi connectivity index (χ0) is 11.1. The Labute approximate surface area is 97.2 Å². The summed E-state index contributed by atoms with van der Waals surface area (Å²) in [4.78, 5) is 15.5. The predicted molar refractivity (Wildman–Crippen MR) is 66.6 cm³/mol. The molecular formula is C9H13N3OS2. The largest absolute Gasteiger partial charge is 0.334 e. The van der Waals surface area contributed by atoms with Crippen LogP contribution in [-0.2, 0) is 5.75 Å². The Hall–Kier alpha value is -1.01. The van der Waals surface area contributed by atoms with Crippen LogP contribution in [0.1, 0.15) is 5.69 Å². The molecule has 0 saturated carbocycles. The molecule has 2 amide bonds. The number of hydrogen-bond acceptors (Lipinski definition) is 4. The van der Waals surface area contributed by atoms with Crippen molar-refractivity contribution in [2.45, 2.75) is 5.75 Å². The van der Waals surface area contributed by atoms with Crippen molar-refractivity contribution in [3.05, 3.63) is 23.7 Å². The highest BCUT2D eigenvalue weighted by atomic mass is 32.2. The van der Waals surface area contributed by atoms with Crippen molar-refractivity contribution >= 4 is 34.3 Å². The highest BCUT2D eigenvalue weighted by Crippen LogP contribution is 2.18. The van der Waals surface area contributed by atoms with Gasteiger partial charge in [0.15, 0.2) is 5.13 Å². The first-order valence-electron chi connectivity index (χ1n) is 4.35. The van der Waals surface area contributed by atoms with Gasteiger partial charge in [-0.1, -0.05) is 6.08 Å². The lowest BCUT2D eigenvalue weighted by Crippen LogP contribution is -2.28. The van der Waals surface area contributed by atoms with E-state index >= 15 is 0 Å². The Morgan fingerprint density at radius 1 is 1.80 bits per heavy atom. The van der Waals surface area contributed by atoms with E-state index in [1.807, 2.05) is 11.6 Å². The Bertz CT molecular complexity index is 338. The number of thioether (sulfide) groups is 1. The number of aromatic nitrogens is 1. The minimum Gasteiger partial charge on any atom is -0.334 e. The first-order valence-corrected chi connectivity index (χ1v) is 6.62. The number of nitrogens with one attached hydrogen (secondary N) is 2. The van der Waals surface area contributed by atoms with Gasteiger partial charge in [0.05, 0.1) is 5.69 Å². The molecule has 0 aliphatic carbocycles. The molecule has 0 aliphatic rings. The van der Waals surface area contributed by atoms with Crippen LogP contribution < -0.4 is 10.6 Å². The van der Waals surface area contributed by atoms with E-state index in [0.717, 1.165) is 11.4 Å². The summed E-state index contributed by atoms with van der Waals surface area (Å²) in [5.41, 5.74) is 0.992. The number of amides is 2. The second-order valence-electron chi connectivity index (χ2n) is 2.70. The van der Waals surface area contributed by atoms with E-state index in [-0.39, 0.29) is 6.03 Å². The smallest absolute Gasteiger partial charge is 0.321 e. The van der Waals surface area contributed by atoms with Crippen molar-refractivity contribution in [3.8, 4) is 0 Å². The van der Waals surface area contributed by atoms with Gasteiger partial charge in [-0.2, -0.15) is 11.8 Å². The minimum absolute atomic E-state index is 0.250. The molecule has 0 fully saturated rings. The number of carbonyl (C=O) groups excluding carboxylic acids is 1. The molecule has 1 rings (SSSR count). The van der Waals surface area contributed by atoms with Crippen LogP contribution in [0, 0.1) is 0 Å². The van der Waals surface area contributed by atoms with Gasteiger partial charge in [0.2, 0.25) is 0 Å². The maximum Gasteiger partial charge on any atom is 0.321 e. The van der Waals surface area contributed by atoms with E-state index in [4.69, 9.17) is 0 Å². The van der Waals surface area contributed by atoms with Gasteiger partial charge < -0.3 is 5.32 Å². The van der Waals surface area contributed by atoms with Gasteiger partial charge in [-0.25, -0.2) is 9.78 Å². The van der Waals surface area contributed by atoms with Gasteiger partial charge in [-0.15, -0.1) is 17.9 Å². The Morgan fingerprint density at radius 2 is 2.60 bits per heavy atom. The fourth-order valence-electron chi connectivity index (χ4n) is 0.885. The van der Waals surface area contributed by atoms with E-state index in [1.54, 1.807) is 17.8 Å². The van der Waals surface area contributed by atoms with Crippen LogP contribution in [0.4, 0.5) is 9.93 Å². The predicted octanol–water partition coefficient (Wildman–Crippen LogP) is 2.31. The normalized spacial score (nSPS) is 9.67. The molecule has 6 heteroatoms. The molecule has 0 atom stereocenters. The summed E-state index contributed by atoms with van der Waals surface area (Å²) in [6.07, 6.45) is 3.64. The molecule has 1 aromatic rings. The summed E-state index contributed by atoms with van der Waals surface area (Å²) >= 11 is 3.13. The van der Waals surface area contributed by atoms with E-state index in [9.17, 15) is 4.79 Å². The number of anilines is 1. The molecule has 0 unspecified atom stereocenters. The highest BCUT2D eigenvalue weighted by Gasteiger charge is 2.04. The SMILES string of the molecule is C=CCNC(=O)Nc1nc(CSC)cs1. The van der Waals surface area contributed by atoms with Gasteiger partial charge in [0.25, 0.3) is 0 Å². The van der Waals surface area contributed by atoms with Crippen molar-refractivity contribution in [2.24, 2.45) is 0 Å². The Balaban J connectivity index is 2.42. The van der Waals surface area contributed by atoms with E-state index in [1.165, 1.54) is 11.3 Å². The van der Waals surface area contributed by atoms with Crippen molar-refractivity contribution in [1.82, 2.24) is 10.3 Å². The fraction of sp³-hybridized carbons (Fsp3) is 0.333. The molecule has 0 aliphatic heterocycles. The highest BCUT2D eigenvalue weighted by molar-refractivity contribution is 7.97. The molecule has 4 nitrogen and oxygen atoms in total. The first kappa shape index (κ1) is 12.1. The average Bonchev–Trinajstić information content (AvgIpc) is 2.63. The number of carbonyl (C=O) groups is 1. The van der Waals surface area contributed by atoms with Crippen LogP contribution in [0.5, 0.6) is 0 Å². The van der Waals surface area contributed by atoms with Crippen molar-refractivity contribution in [2.75, 3.05) is 18.1 Å². The summed E-state index contributed by atoms with van der Waals surface area (Å²) in [6, 6.07) is -0.250. The van der Waals surface area contributed by atoms with Gasteiger partial charge >= 0.3 is 6.03 Å². The maximum atomic E-state index is 11.2. The molecule has 0 saturated heterocycles. The van der Waals surface area contributed by atoms with Crippen LogP contribution in [0.2, 0.25) is 0 Å². The molecule has 0 radical (unpaired) electrons. The second-order valence-corrected chi connectivity index (χ2v) is 4.42. The van der Waals surface area contributed by atoms with Crippen molar-refractivity contribution < 1.29 is 4.79 Å². The number of nitrogens with zero attached hydrogens (tertiary/aromatic N) is 1. The van der Waals surface area contributed by atoms with Crippen LogP contribution in [0.15, 0.2) is 18.0 Å². The van der Waals surface area contributed by atoms with Gasteiger partial charge in [-0.05, 0) is 6.26 Å². The summed E-state index contributed by atoms with van der Waals surface area (Å²) in [6.45, 7) is 3.96. The monoisotopic (exact) mass is 243 g/mol. The zero-order valence-electron chi connectivity index (χ0n) is 8.45. The van der Waals surface area contributed by atoms with E-state index in [0.29, 0.717) is 11.7 Å². The third-order valence-corrected chi connectivity index (χ3v) is 2.86. The standard InChI is InChI=1S/C9H13N3OS2/c1-3-4-10-8(13)12-9-11-7(5-14-2)6-15-9/h3,6H,1,4-5H2,2H3,(H2,10,11,12,13). The Kier molecular flexibility index (Phi) is 5.20. The maximum absolute atomic E-state index is 11.2. The number of hydrogen-bond donors (Lipinski definition) is 2. The lowest BCUT2D eigenvalue weighted by molar-refractivity contribution is 0.253. The molecule has 0 spiro atoms. The lowest BCUT2D eigenvalue weighted by atomic mass is 10.6. The van der Waals surface area contributed by atoms with Gasteiger partial charge in [0, 0.05) is 17.7 Å². The second kappa shape index (κ2) is 6.47. The van der Waals surface area contributed by atoms with Crippen LogP contribution in [0.3, 0.4) is 0 Å². The molecule has 82 valence electrons. The van der Waals surface area contributed by atoms with E-state index < -0.39 is 0 Å². The third kappa shape index (κ3) is 4.35. The summed E-state index contributed by atoms with van der Waals surface area (Å²) in [5, 5.41) is 7.84. The van der Waals surface area contributed by atoms with Crippen LogP contribution in [0.25, 0.3) is 0 Å². The average molecular weight is 243 g/mol. The van der Waals surface area contributed by atoms with Crippen molar-refractivity contribution in [1.29, 1.82) is 0 Å². The zero-order valence-corrected chi connectivity index (χ0v) is 10.1. The molecular weight excluding hydrogens is 230 g/mol. The van der Waals surface area contributed by atoms with Crippen LogP contribution >= 0.6 is 23.1 Å². The number of urea groups is 1. The molecule has 1 aromatic heterocycles. The topological polar surface area (TPSA) is 54.0 Å².